The van der Waals surface area contributed by atoms with Crippen molar-refractivity contribution in [1.29, 1.82) is 0 Å². The maximum atomic E-state index is 2.34. The minimum absolute atomic E-state index is 1.16. The minimum atomic E-state index is 1.16. The zero-order chi connectivity index (χ0) is 7.40. The van der Waals surface area contributed by atoms with Crippen molar-refractivity contribution in [1.82, 2.24) is 10.0 Å². The van der Waals surface area contributed by atoms with E-state index in [4.69, 9.17) is 0 Å². The Balaban J connectivity index is 1.87. The molecule has 2 unspecified atom stereocenters. The van der Waals surface area contributed by atoms with Gasteiger partial charge in [0.15, 0.2) is 0 Å². The van der Waals surface area contributed by atoms with Crippen LogP contribution in [0.4, 0.5) is 0 Å². The first-order valence-electron chi connectivity index (χ1n) is 3.91. The highest BCUT2D eigenvalue weighted by Gasteiger charge is 2.24. The summed E-state index contributed by atoms with van der Waals surface area (Å²) < 4.78 is 0. The van der Waals surface area contributed by atoms with Crippen LogP contribution in [-0.2, 0) is 0 Å². The van der Waals surface area contributed by atoms with Gasteiger partial charge in [-0.25, -0.2) is 10.0 Å². The van der Waals surface area contributed by atoms with Crippen LogP contribution in [0.25, 0.3) is 0 Å². The normalized spacial score (nSPS) is 31.4. The molecule has 2 nitrogen and oxygen atoms in total. The molecule has 1 aliphatic heterocycles. The van der Waals surface area contributed by atoms with E-state index in [0.29, 0.717) is 0 Å². The van der Waals surface area contributed by atoms with E-state index in [1.54, 1.807) is 0 Å². The summed E-state index contributed by atoms with van der Waals surface area (Å²) in [6.07, 6.45) is 6.85. The van der Waals surface area contributed by atoms with Crippen molar-refractivity contribution in [2.45, 2.75) is 19.8 Å². The fraction of sp³-hybridized carbons (Fsp3) is 0.750. The lowest BCUT2D eigenvalue weighted by Crippen LogP contribution is -2.03. The fourth-order valence-corrected chi connectivity index (χ4v) is 1.01. The highest BCUT2D eigenvalue weighted by Crippen LogP contribution is 2.11. The number of nitrogens with zero attached hydrogens (tertiary/aromatic N) is 2. The zero-order valence-electron chi connectivity index (χ0n) is 6.88. The first-order valence-corrected chi connectivity index (χ1v) is 3.91. The molecule has 0 aromatic heterocycles. The van der Waals surface area contributed by atoms with E-state index in [-0.39, 0.29) is 0 Å². The van der Waals surface area contributed by atoms with Gasteiger partial charge >= 0.3 is 0 Å². The van der Waals surface area contributed by atoms with Crippen molar-refractivity contribution in [2.75, 3.05) is 20.3 Å². The SMILES string of the molecule is C/C=C/CCCN1CN1C. The van der Waals surface area contributed by atoms with Gasteiger partial charge in [0.1, 0.15) is 0 Å². The Labute approximate surface area is 63.1 Å². The van der Waals surface area contributed by atoms with Gasteiger partial charge in [-0.1, -0.05) is 12.2 Å². The molecule has 0 radical (unpaired) electrons. The van der Waals surface area contributed by atoms with Gasteiger partial charge in [-0.2, -0.15) is 0 Å². The van der Waals surface area contributed by atoms with E-state index in [1.807, 2.05) is 0 Å². The Bertz CT molecular complexity index is 120. The molecule has 1 saturated heterocycles. The molecule has 0 aliphatic carbocycles. The van der Waals surface area contributed by atoms with Gasteiger partial charge in [-0.05, 0) is 19.8 Å². The predicted molar refractivity (Wildman–Crippen MR) is 43.4 cm³/mol. The molecule has 10 heavy (non-hydrogen) atoms. The average Bonchev–Trinajstić information content (AvgIpc) is 2.60. The van der Waals surface area contributed by atoms with Crippen molar-refractivity contribution in [2.24, 2.45) is 0 Å². The smallest absolute Gasteiger partial charge is 0.0784 e. The summed E-state index contributed by atoms with van der Waals surface area (Å²) in [4.78, 5) is 0. The topological polar surface area (TPSA) is 6.02 Å². The molecule has 0 spiro atoms. The molecule has 1 rings (SSSR count). The highest BCUT2D eigenvalue weighted by molar-refractivity contribution is 4.77. The van der Waals surface area contributed by atoms with Gasteiger partial charge in [-0.3, -0.25) is 0 Å². The molecule has 2 atom stereocenters. The Morgan fingerprint density at radius 1 is 1.50 bits per heavy atom. The summed E-state index contributed by atoms with van der Waals surface area (Å²) in [6.45, 7) is 4.46. The maximum Gasteiger partial charge on any atom is 0.0784 e. The van der Waals surface area contributed by atoms with E-state index in [9.17, 15) is 0 Å². The Kier molecular flexibility index (Phi) is 2.90. The van der Waals surface area contributed by atoms with E-state index in [0.717, 1.165) is 6.67 Å². The molecule has 58 valence electrons. The van der Waals surface area contributed by atoms with Gasteiger partial charge in [0.25, 0.3) is 0 Å². The second-order valence-corrected chi connectivity index (χ2v) is 2.74. The van der Waals surface area contributed by atoms with Crippen molar-refractivity contribution in [3.8, 4) is 0 Å². The molecular weight excluding hydrogens is 124 g/mol. The molecule has 0 saturated carbocycles. The second kappa shape index (κ2) is 3.74. The molecule has 1 aliphatic rings. The van der Waals surface area contributed by atoms with Crippen molar-refractivity contribution in [3.05, 3.63) is 12.2 Å². The summed E-state index contributed by atoms with van der Waals surface area (Å²) in [6, 6.07) is 0. The summed E-state index contributed by atoms with van der Waals surface area (Å²) in [5.41, 5.74) is 0. The van der Waals surface area contributed by atoms with Crippen LogP contribution in [0.2, 0.25) is 0 Å². The van der Waals surface area contributed by atoms with Gasteiger partial charge in [0.2, 0.25) is 0 Å². The quantitative estimate of drug-likeness (QED) is 0.331. The molecule has 0 aromatic rings. The number of hydrogen-bond acceptors (Lipinski definition) is 2. The molecular formula is C8H16N2. The van der Waals surface area contributed by atoms with Crippen molar-refractivity contribution >= 4 is 0 Å². The van der Waals surface area contributed by atoms with E-state index >= 15 is 0 Å². The van der Waals surface area contributed by atoms with Crippen LogP contribution in [0, 0.1) is 0 Å². The second-order valence-electron chi connectivity index (χ2n) is 2.74. The Morgan fingerprint density at radius 3 is 2.70 bits per heavy atom. The van der Waals surface area contributed by atoms with Crippen LogP contribution < -0.4 is 0 Å². The Hall–Kier alpha value is -0.340. The van der Waals surface area contributed by atoms with Gasteiger partial charge in [0, 0.05) is 13.6 Å². The number of unbranched alkanes of at least 4 members (excludes halogenated alkanes) is 1. The van der Waals surface area contributed by atoms with Crippen LogP contribution in [-0.4, -0.2) is 30.3 Å². The molecule has 0 aromatic carbocycles. The number of allylic oxidation sites excluding steroid dienone is 2. The lowest BCUT2D eigenvalue weighted by molar-refractivity contribution is 0.347. The third-order valence-electron chi connectivity index (χ3n) is 1.79. The van der Waals surface area contributed by atoms with E-state index in [1.165, 1.54) is 19.4 Å². The molecule has 0 amide bonds. The van der Waals surface area contributed by atoms with Crippen molar-refractivity contribution < 1.29 is 0 Å². The lowest BCUT2D eigenvalue weighted by Gasteiger charge is -1.97. The molecule has 1 fully saturated rings. The maximum absolute atomic E-state index is 2.34. The summed E-state index contributed by atoms with van der Waals surface area (Å²) >= 11 is 0. The summed E-state index contributed by atoms with van der Waals surface area (Å²) in [5, 5.41) is 4.57. The third kappa shape index (κ3) is 2.50. The fourth-order valence-electron chi connectivity index (χ4n) is 1.01. The first kappa shape index (κ1) is 7.76. The highest BCUT2D eigenvalue weighted by atomic mass is 15.8. The van der Waals surface area contributed by atoms with Gasteiger partial charge in [-0.15, -0.1) is 0 Å². The standard InChI is InChI=1S/C8H16N2/c1-3-4-5-6-7-10-8-9(10)2/h3-4H,5-8H2,1-2H3/b4-3+. The molecule has 1 heterocycles. The van der Waals surface area contributed by atoms with Crippen LogP contribution in [0.3, 0.4) is 0 Å². The molecule has 0 N–H and O–H groups in total. The van der Waals surface area contributed by atoms with E-state index < -0.39 is 0 Å². The molecule has 0 bridgehead atoms. The largest absolute Gasteiger partial charge is 0.228 e. The third-order valence-corrected chi connectivity index (χ3v) is 1.79. The molecule has 2 heteroatoms. The first-order chi connectivity index (χ1) is 4.84. The minimum Gasteiger partial charge on any atom is -0.228 e. The van der Waals surface area contributed by atoms with Crippen molar-refractivity contribution in [3.63, 3.8) is 0 Å². The Morgan fingerprint density at radius 2 is 2.20 bits per heavy atom. The number of hydrazine groups is 1. The lowest BCUT2D eigenvalue weighted by atomic mass is 10.3. The predicted octanol–water partition coefficient (Wildman–Crippen LogP) is 1.46. The van der Waals surface area contributed by atoms with Gasteiger partial charge in [0.05, 0.1) is 6.67 Å². The van der Waals surface area contributed by atoms with E-state index in [2.05, 4.69) is 36.1 Å². The van der Waals surface area contributed by atoms with Crippen LogP contribution in [0.5, 0.6) is 0 Å². The monoisotopic (exact) mass is 140 g/mol. The number of hydrogen-bond donors (Lipinski definition) is 0. The summed E-state index contributed by atoms with van der Waals surface area (Å²) in [7, 11) is 2.12. The number of rotatable bonds is 4. The van der Waals surface area contributed by atoms with Crippen LogP contribution in [0.15, 0.2) is 12.2 Å². The zero-order valence-corrected chi connectivity index (χ0v) is 6.88. The van der Waals surface area contributed by atoms with Gasteiger partial charge < -0.3 is 0 Å². The van der Waals surface area contributed by atoms with Crippen LogP contribution in [0.1, 0.15) is 19.8 Å². The summed E-state index contributed by atoms with van der Waals surface area (Å²) in [5.74, 6) is 0. The van der Waals surface area contributed by atoms with Crippen LogP contribution >= 0.6 is 0 Å². The average molecular weight is 140 g/mol.